The van der Waals surface area contributed by atoms with Gasteiger partial charge in [-0.25, -0.2) is 4.79 Å². The molecule has 0 unspecified atom stereocenters. The Labute approximate surface area is 85.6 Å². The van der Waals surface area contributed by atoms with E-state index in [-0.39, 0.29) is 0 Å². The Hall–Kier alpha value is -1.11. The molecule has 0 atom stereocenters. The van der Waals surface area contributed by atoms with Crippen molar-refractivity contribution in [2.45, 2.75) is 0 Å². The Morgan fingerprint density at radius 2 is 2.36 bits per heavy atom. The summed E-state index contributed by atoms with van der Waals surface area (Å²) in [5.41, 5.74) is 0.607. The molecule has 0 aliphatic heterocycles. The molecule has 0 spiro atoms. The summed E-state index contributed by atoms with van der Waals surface area (Å²) >= 11 is 1.21. The van der Waals surface area contributed by atoms with Gasteiger partial charge in [-0.2, -0.15) is 11.3 Å². The molecule has 0 bridgehead atoms. The van der Waals surface area contributed by atoms with E-state index in [4.69, 9.17) is 10.0 Å². The van der Waals surface area contributed by atoms with E-state index in [1.165, 1.54) is 30.6 Å². The first-order valence-electron chi connectivity index (χ1n) is 3.84. The van der Waals surface area contributed by atoms with E-state index < -0.39 is 13.1 Å². The highest BCUT2D eigenvalue weighted by molar-refractivity contribution is 7.20. The van der Waals surface area contributed by atoms with Gasteiger partial charge >= 0.3 is 13.1 Å². The lowest BCUT2D eigenvalue weighted by atomic mass is 9.86. The van der Waals surface area contributed by atoms with Crippen molar-refractivity contribution in [3.63, 3.8) is 0 Å². The summed E-state index contributed by atoms with van der Waals surface area (Å²) in [6.07, 6.45) is 2.71. The van der Waals surface area contributed by atoms with Crippen LogP contribution in [0.5, 0.6) is 0 Å². The topological polar surface area (TPSA) is 66.8 Å². The van der Waals surface area contributed by atoms with Gasteiger partial charge in [0.2, 0.25) is 0 Å². The number of methoxy groups -OCH3 is 1. The minimum Gasteiger partial charge on any atom is -0.466 e. The summed E-state index contributed by atoms with van der Waals surface area (Å²) in [7, 11) is -0.227. The molecule has 14 heavy (non-hydrogen) atoms. The normalized spacial score (nSPS) is 10.5. The summed E-state index contributed by atoms with van der Waals surface area (Å²) in [6, 6.07) is 1.69. The van der Waals surface area contributed by atoms with Crippen molar-refractivity contribution in [1.82, 2.24) is 0 Å². The number of thiophene rings is 1. The lowest BCUT2D eigenvalue weighted by Crippen LogP contribution is -2.28. The molecule has 4 nitrogen and oxygen atoms in total. The largest absolute Gasteiger partial charge is 0.499 e. The summed E-state index contributed by atoms with van der Waals surface area (Å²) in [4.78, 5) is 10.8. The van der Waals surface area contributed by atoms with E-state index in [1.54, 1.807) is 11.4 Å². The molecule has 0 aliphatic carbocycles. The van der Waals surface area contributed by atoms with Gasteiger partial charge in [0.15, 0.2) is 0 Å². The second-order valence-electron chi connectivity index (χ2n) is 2.47. The minimum atomic E-state index is -1.51. The van der Waals surface area contributed by atoms with Gasteiger partial charge in [0.25, 0.3) is 0 Å². The Kier molecular flexibility index (Phi) is 3.88. The molecule has 1 rings (SSSR count). The van der Waals surface area contributed by atoms with Gasteiger partial charge in [-0.1, -0.05) is 0 Å². The summed E-state index contributed by atoms with van der Waals surface area (Å²) in [5, 5.41) is 19.6. The number of ether oxygens (including phenoxy) is 1. The Morgan fingerprint density at radius 1 is 1.64 bits per heavy atom. The van der Waals surface area contributed by atoms with Crippen LogP contribution in [-0.4, -0.2) is 30.2 Å². The highest BCUT2D eigenvalue weighted by atomic mass is 32.1. The number of hydrogen-bond donors (Lipinski definition) is 2. The standard InChI is InChI=1S/C8H9BO4S/c1-13-7(10)3-2-6-4-5-14-8(6)9(11)12/h2-5,11-12H,1H3. The number of carbonyl (C=O) groups is 1. The van der Waals surface area contributed by atoms with Crippen LogP contribution in [0.3, 0.4) is 0 Å². The maximum Gasteiger partial charge on any atom is 0.499 e. The Balaban J connectivity index is 2.81. The predicted molar refractivity (Wildman–Crippen MR) is 55.2 cm³/mol. The fraction of sp³-hybridized carbons (Fsp3) is 0.125. The first-order chi connectivity index (χ1) is 6.65. The smallest absolute Gasteiger partial charge is 0.466 e. The van der Waals surface area contributed by atoms with E-state index in [1.807, 2.05) is 0 Å². The van der Waals surface area contributed by atoms with E-state index in [0.717, 1.165) is 0 Å². The molecule has 0 amide bonds. The molecular formula is C8H9BO4S. The maximum absolute atomic E-state index is 10.8. The van der Waals surface area contributed by atoms with Gasteiger partial charge in [-0.15, -0.1) is 0 Å². The zero-order valence-electron chi connectivity index (χ0n) is 7.51. The van der Waals surface area contributed by atoms with Crippen LogP contribution < -0.4 is 4.78 Å². The van der Waals surface area contributed by atoms with E-state index in [2.05, 4.69) is 4.74 Å². The molecule has 6 heteroatoms. The highest BCUT2D eigenvalue weighted by Crippen LogP contribution is 2.06. The zero-order chi connectivity index (χ0) is 10.6. The van der Waals surface area contributed by atoms with Crippen molar-refractivity contribution >= 4 is 35.3 Å². The van der Waals surface area contributed by atoms with E-state index in [0.29, 0.717) is 10.3 Å². The summed E-state index contributed by atoms with van der Waals surface area (Å²) in [6.45, 7) is 0. The molecule has 1 aromatic rings. The monoisotopic (exact) mass is 212 g/mol. The average molecular weight is 212 g/mol. The minimum absolute atomic E-state index is 0.408. The van der Waals surface area contributed by atoms with Crippen LogP contribution in [0.15, 0.2) is 17.5 Å². The van der Waals surface area contributed by atoms with Crippen LogP contribution in [0, 0.1) is 0 Å². The average Bonchev–Trinajstić information content (AvgIpc) is 2.62. The molecule has 0 saturated heterocycles. The quantitative estimate of drug-likeness (QED) is 0.407. The predicted octanol–water partition coefficient (Wildman–Crippen LogP) is -0.386. The lowest BCUT2D eigenvalue weighted by Gasteiger charge is -1.96. The molecule has 0 aromatic carbocycles. The molecule has 1 aromatic heterocycles. The maximum atomic E-state index is 10.8. The van der Waals surface area contributed by atoms with Crippen LogP contribution in [0.25, 0.3) is 6.08 Å². The van der Waals surface area contributed by atoms with E-state index >= 15 is 0 Å². The number of esters is 1. The molecule has 0 radical (unpaired) electrons. The van der Waals surface area contributed by atoms with Crippen LogP contribution in [0.2, 0.25) is 0 Å². The fourth-order valence-electron chi connectivity index (χ4n) is 0.904. The third-order valence-corrected chi connectivity index (χ3v) is 2.53. The Bertz CT molecular complexity index is 345. The van der Waals surface area contributed by atoms with Crippen molar-refractivity contribution in [3.05, 3.63) is 23.1 Å². The van der Waals surface area contributed by atoms with Crippen LogP contribution in [-0.2, 0) is 9.53 Å². The molecule has 74 valence electrons. The van der Waals surface area contributed by atoms with Crippen LogP contribution in [0.1, 0.15) is 5.56 Å². The second kappa shape index (κ2) is 4.95. The third-order valence-electron chi connectivity index (χ3n) is 1.56. The molecular weight excluding hydrogens is 203 g/mol. The highest BCUT2D eigenvalue weighted by Gasteiger charge is 2.15. The van der Waals surface area contributed by atoms with Crippen molar-refractivity contribution in [2.24, 2.45) is 0 Å². The van der Waals surface area contributed by atoms with Gasteiger partial charge in [-0.3, -0.25) is 0 Å². The third kappa shape index (κ3) is 2.70. The van der Waals surface area contributed by atoms with Crippen molar-refractivity contribution in [1.29, 1.82) is 0 Å². The van der Waals surface area contributed by atoms with E-state index in [9.17, 15) is 4.79 Å². The second-order valence-corrected chi connectivity index (χ2v) is 3.42. The number of hydrogen-bond acceptors (Lipinski definition) is 5. The van der Waals surface area contributed by atoms with Gasteiger partial charge in [0.1, 0.15) is 0 Å². The van der Waals surface area contributed by atoms with Crippen LogP contribution >= 0.6 is 11.3 Å². The van der Waals surface area contributed by atoms with Gasteiger partial charge < -0.3 is 14.8 Å². The van der Waals surface area contributed by atoms with Crippen LogP contribution in [0.4, 0.5) is 0 Å². The summed E-state index contributed by atoms with van der Waals surface area (Å²) in [5.74, 6) is -0.477. The molecule has 0 fully saturated rings. The van der Waals surface area contributed by atoms with Gasteiger partial charge in [-0.05, 0) is 23.1 Å². The van der Waals surface area contributed by atoms with Crippen molar-refractivity contribution in [2.75, 3.05) is 7.11 Å². The Morgan fingerprint density at radius 3 is 2.93 bits per heavy atom. The zero-order valence-corrected chi connectivity index (χ0v) is 8.32. The fourth-order valence-corrected chi connectivity index (χ4v) is 1.66. The van der Waals surface area contributed by atoms with Crippen molar-refractivity contribution in [3.8, 4) is 0 Å². The van der Waals surface area contributed by atoms with Gasteiger partial charge in [0.05, 0.1) is 7.11 Å². The molecule has 0 saturated carbocycles. The van der Waals surface area contributed by atoms with Gasteiger partial charge in [0, 0.05) is 10.9 Å². The number of rotatable bonds is 3. The molecule has 0 aliphatic rings. The first-order valence-corrected chi connectivity index (χ1v) is 4.72. The molecule has 1 heterocycles. The molecule has 2 N–H and O–H groups in total. The number of carbonyl (C=O) groups excluding carboxylic acids is 1. The lowest BCUT2D eigenvalue weighted by molar-refractivity contribution is -0.134. The van der Waals surface area contributed by atoms with Crippen molar-refractivity contribution < 1.29 is 19.6 Å². The summed E-state index contributed by atoms with van der Waals surface area (Å²) < 4.78 is 4.81. The SMILES string of the molecule is COC(=O)C=Cc1ccsc1B(O)O. The first kappa shape index (κ1) is 11.0.